The molecule has 0 radical (unpaired) electrons. The lowest BCUT2D eigenvalue weighted by Crippen LogP contribution is -2.37. The Hall–Kier alpha value is -0.960. The van der Waals surface area contributed by atoms with Crippen LogP contribution >= 0.6 is 15.9 Å². The minimum atomic E-state index is -3.55. The molecule has 8 heteroatoms. The largest absolute Gasteiger partial charge is 0.325 e. The van der Waals surface area contributed by atoms with Gasteiger partial charge in [-0.2, -0.15) is 0 Å². The van der Waals surface area contributed by atoms with Gasteiger partial charge in [0.1, 0.15) is 0 Å². The zero-order valence-electron chi connectivity index (χ0n) is 11.6. The van der Waals surface area contributed by atoms with Gasteiger partial charge < -0.3 is 10.6 Å². The lowest BCUT2D eigenvalue weighted by molar-refractivity contribution is -0.114. The van der Waals surface area contributed by atoms with Crippen LogP contribution in [-0.4, -0.2) is 33.5 Å². The molecule has 0 aromatic heterocycles. The highest BCUT2D eigenvalue weighted by molar-refractivity contribution is 9.10. The molecule has 1 aliphatic rings. The van der Waals surface area contributed by atoms with Gasteiger partial charge in [0.05, 0.1) is 10.6 Å². The van der Waals surface area contributed by atoms with E-state index in [0.717, 1.165) is 19.4 Å². The fraction of sp³-hybridized carbons (Fsp3) is 0.462. The summed E-state index contributed by atoms with van der Waals surface area (Å²) in [6.45, 7) is 2.71. The first kappa shape index (κ1) is 16.4. The van der Waals surface area contributed by atoms with Crippen LogP contribution in [0.15, 0.2) is 27.6 Å². The Morgan fingerprint density at radius 3 is 2.81 bits per heavy atom. The van der Waals surface area contributed by atoms with Crippen molar-refractivity contribution < 1.29 is 13.2 Å². The molecule has 6 nitrogen and oxygen atoms in total. The van der Waals surface area contributed by atoms with Gasteiger partial charge >= 0.3 is 0 Å². The number of hydrogen-bond donors (Lipinski definition) is 3. The maximum Gasteiger partial charge on any atom is 0.240 e. The molecule has 1 saturated heterocycles. The predicted octanol–water partition coefficient (Wildman–Crippen LogP) is 1.44. The third-order valence-electron chi connectivity index (χ3n) is 3.24. The second-order valence-electron chi connectivity index (χ2n) is 4.97. The number of nitrogens with one attached hydrogen (secondary N) is 3. The zero-order chi connectivity index (χ0) is 15.5. The molecule has 1 fully saturated rings. The molecular formula is C13H18BrN3O3S. The average molecular weight is 376 g/mol. The van der Waals surface area contributed by atoms with Crippen LogP contribution in [0, 0.1) is 0 Å². The second kappa shape index (κ2) is 6.87. The molecule has 0 saturated carbocycles. The lowest BCUT2D eigenvalue weighted by Gasteiger charge is -2.13. The van der Waals surface area contributed by atoms with Crippen molar-refractivity contribution in [2.24, 2.45) is 0 Å². The topological polar surface area (TPSA) is 87.3 Å². The molecule has 116 valence electrons. The highest BCUT2D eigenvalue weighted by atomic mass is 79.9. The third-order valence-corrected chi connectivity index (χ3v) is 5.32. The fourth-order valence-corrected chi connectivity index (χ4v) is 3.92. The summed E-state index contributed by atoms with van der Waals surface area (Å²) in [5.74, 6) is -0.211. The minimum absolute atomic E-state index is 0.168. The van der Waals surface area contributed by atoms with Crippen LogP contribution in [0.1, 0.15) is 19.8 Å². The van der Waals surface area contributed by atoms with Crippen LogP contribution in [0.25, 0.3) is 0 Å². The minimum Gasteiger partial charge on any atom is -0.325 e. The Morgan fingerprint density at radius 1 is 1.48 bits per heavy atom. The van der Waals surface area contributed by atoms with Crippen molar-refractivity contribution in [2.45, 2.75) is 30.7 Å². The van der Waals surface area contributed by atoms with Gasteiger partial charge in [-0.15, -0.1) is 0 Å². The summed E-state index contributed by atoms with van der Waals surface area (Å²) in [6, 6.07) is 4.71. The first-order valence-corrected chi connectivity index (χ1v) is 8.96. The van der Waals surface area contributed by atoms with Gasteiger partial charge in [0.25, 0.3) is 0 Å². The van der Waals surface area contributed by atoms with Crippen LogP contribution < -0.4 is 15.4 Å². The SMILES string of the molecule is CC(=O)Nc1ccc(S(=O)(=O)NCC2CCCN2)cc1Br. The summed E-state index contributed by atoms with van der Waals surface area (Å²) < 4.78 is 27.6. The zero-order valence-corrected chi connectivity index (χ0v) is 14.1. The van der Waals surface area contributed by atoms with E-state index in [-0.39, 0.29) is 16.8 Å². The van der Waals surface area contributed by atoms with Crippen LogP contribution in [0.5, 0.6) is 0 Å². The van der Waals surface area contributed by atoms with E-state index in [1.807, 2.05) is 0 Å². The molecule has 1 aliphatic heterocycles. The van der Waals surface area contributed by atoms with Crippen molar-refractivity contribution in [1.29, 1.82) is 0 Å². The van der Waals surface area contributed by atoms with Crippen molar-refractivity contribution >= 4 is 37.5 Å². The molecule has 1 heterocycles. The van der Waals surface area contributed by atoms with E-state index in [2.05, 4.69) is 31.3 Å². The van der Waals surface area contributed by atoms with Crippen LogP contribution in [0.4, 0.5) is 5.69 Å². The number of sulfonamides is 1. The first-order chi connectivity index (χ1) is 9.88. The quantitative estimate of drug-likeness (QED) is 0.726. The third kappa shape index (κ3) is 4.50. The van der Waals surface area contributed by atoms with E-state index in [1.54, 1.807) is 6.07 Å². The first-order valence-electron chi connectivity index (χ1n) is 6.69. The summed E-state index contributed by atoms with van der Waals surface area (Å²) in [5.41, 5.74) is 0.541. The fourth-order valence-electron chi connectivity index (χ4n) is 2.18. The standard InChI is InChI=1S/C13H18BrN3O3S/c1-9(18)17-13-5-4-11(7-12(13)14)21(19,20)16-8-10-3-2-6-15-10/h4-5,7,10,15-16H,2-3,6,8H2,1H3,(H,17,18). The highest BCUT2D eigenvalue weighted by Gasteiger charge is 2.20. The van der Waals surface area contributed by atoms with Gasteiger partial charge in [-0.1, -0.05) is 0 Å². The molecule has 2 rings (SSSR count). The maximum atomic E-state index is 12.2. The predicted molar refractivity (Wildman–Crippen MR) is 84.7 cm³/mol. The van der Waals surface area contributed by atoms with Crippen molar-refractivity contribution in [2.75, 3.05) is 18.4 Å². The Balaban J connectivity index is 2.08. The highest BCUT2D eigenvalue weighted by Crippen LogP contribution is 2.25. The summed E-state index contributed by atoms with van der Waals surface area (Å²) in [4.78, 5) is 11.2. The lowest BCUT2D eigenvalue weighted by atomic mass is 10.2. The van der Waals surface area contributed by atoms with E-state index in [0.29, 0.717) is 16.7 Å². The number of benzene rings is 1. The molecular weight excluding hydrogens is 358 g/mol. The Bertz CT molecular complexity index is 628. The monoisotopic (exact) mass is 375 g/mol. The summed E-state index contributed by atoms with van der Waals surface area (Å²) in [7, 11) is -3.55. The number of rotatable bonds is 5. The van der Waals surface area contributed by atoms with Gasteiger partial charge in [0.15, 0.2) is 0 Å². The summed E-state index contributed by atoms with van der Waals surface area (Å²) in [6.07, 6.45) is 2.05. The van der Waals surface area contributed by atoms with E-state index in [1.165, 1.54) is 19.1 Å². The van der Waals surface area contributed by atoms with Crippen molar-refractivity contribution in [1.82, 2.24) is 10.0 Å². The van der Waals surface area contributed by atoms with Gasteiger partial charge in [-0.25, -0.2) is 13.1 Å². The van der Waals surface area contributed by atoms with E-state index in [4.69, 9.17) is 0 Å². The number of carbonyl (C=O) groups excluding carboxylic acids is 1. The van der Waals surface area contributed by atoms with Gasteiger partial charge in [-0.3, -0.25) is 4.79 Å². The van der Waals surface area contributed by atoms with Crippen molar-refractivity contribution in [3.05, 3.63) is 22.7 Å². The van der Waals surface area contributed by atoms with Crippen LogP contribution in [-0.2, 0) is 14.8 Å². The number of carbonyl (C=O) groups is 1. The van der Waals surface area contributed by atoms with E-state index in [9.17, 15) is 13.2 Å². The summed E-state index contributed by atoms with van der Waals surface area (Å²) >= 11 is 3.27. The van der Waals surface area contributed by atoms with E-state index >= 15 is 0 Å². The normalized spacial score (nSPS) is 18.7. The molecule has 1 atom stereocenters. The molecule has 0 aliphatic carbocycles. The molecule has 0 spiro atoms. The maximum absolute atomic E-state index is 12.2. The Morgan fingerprint density at radius 2 is 2.24 bits per heavy atom. The van der Waals surface area contributed by atoms with Crippen molar-refractivity contribution in [3.63, 3.8) is 0 Å². The smallest absolute Gasteiger partial charge is 0.240 e. The molecule has 1 aromatic carbocycles. The van der Waals surface area contributed by atoms with Gasteiger partial charge in [0.2, 0.25) is 15.9 Å². The van der Waals surface area contributed by atoms with Crippen LogP contribution in [0.3, 0.4) is 0 Å². The molecule has 21 heavy (non-hydrogen) atoms. The van der Waals surface area contributed by atoms with Gasteiger partial charge in [0, 0.05) is 24.0 Å². The Labute approximate surface area is 132 Å². The molecule has 0 bridgehead atoms. The Kier molecular flexibility index (Phi) is 5.37. The molecule has 1 aromatic rings. The molecule has 1 unspecified atom stereocenters. The molecule has 3 N–H and O–H groups in total. The number of amides is 1. The second-order valence-corrected chi connectivity index (χ2v) is 7.59. The number of hydrogen-bond acceptors (Lipinski definition) is 4. The summed E-state index contributed by atoms with van der Waals surface area (Å²) in [5, 5.41) is 5.86. The number of anilines is 1. The van der Waals surface area contributed by atoms with Crippen LogP contribution in [0.2, 0.25) is 0 Å². The molecule has 1 amide bonds. The number of halogens is 1. The average Bonchev–Trinajstić information content (AvgIpc) is 2.91. The van der Waals surface area contributed by atoms with Crippen molar-refractivity contribution in [3.8, 4) is 0 Å². The van der Waals surface area contributed by atoms with Gasteiger partial charge in [-0.05, 0) is 53.5 Å². The van der Waals surface area contributed by atoms with E-state index < -0.39 is 10.0 Å².